The Morgan fingerprint density at radius 2 is 1.87 bits per heavy atom. The lowest BCUT2D eigenvalue weighted by Gasteiger charge is -2.19. The smallest absolute Gasteiger partial charge is 0.0836 e. The highest BCUT2D eigenvalue weighted by Crippen LogP contribution is 2.25. The summed E-state index contributed by atoms with van der Waals surface area (Å²) in [6.07, 6.45) is 6.56. The van der Waals surface area contributed by atoms with E-state index in [-0.39, 0.29) is 0 Å². The van der Waals surface area contributed by atoms with Gasteiger partial charge in [-0.3, -0.25) is 15.0 Å². The van der Waals surface area contributed by atoms with Gasteiger partial charge in [-0.1, -0.05) is 0 Å². The molecular formula is C10H11N5. The van der Waals surface area contributed by atoms with E-state index in [1.165, 1.54) is 5.01 Å². The van der Waals surface area contributed by atoms with E-state index >= 15 is 0 Å². The number of nitrogens with zero attached hydrogens (tertiary/aromatic N) is 3. The minimum Gasteiger partial charge on any atom is -0.396 e. The van der Waals surface area contributed by atoms with Gasteiger partial charge in [0.2, 0.25) is 0 Å². The van der Waals surface area contributed by atoms with E-state index in [0.717, 1.165) is 5.69 Å². The van der Waals surface area contributed by atoms with Gasteiger partial charge in [0, 0.05) is 12.4 Å². The molecule has 5 nitrogen and oxygen atoms in total. The van der Waals surface area contributed by atoms with Crippen molar-refractivity contribution in [2.45, 2.75) is 0 Å². The van der Waals surface area contributed by atoms with Gasteiger partial charge >= 0.3 is 0 Å². The molecule has 0 atom stereocenters. The first-order chi connectivity index (χ1) is 7.29. The van der Waals surface area contributed by atoms with E-state index in [1.54, 1.807) is 30.9 Å². The molecule has 0 spiro atoms. The van der Waals surface area contributed by atoms with E-state index in [4.69, 9.17) is 11.6 Å². The molecule has 0 unspecified atom stereocenters. The zero-order chi connectivity index (χ0) is 10.7. The largest absolute Gasteiger partial charge is 0.396 e. The van der Waals surface area contributed by atoms with Gasteiger partial charge in [-0.15, -0.1) is 0 Å². The number of pyridine rings is 2. The third kappa shape index (κ3) is 1.87. The lowest BCUT2D eigenvalue weighted by Crippen LogP contribution is -2.25. The number of rotatable bonds is 2. The highest BCUT2D eigenvalue weighted by molar-refractivity contribution is 5.72. The van der Waals surface area contributed by atoms with Crippen LogP contribution in [-0.2, 0) is 0 Å². The molecule has 0 bridgehead atoms. The van der Waals surface area contributed by atoms with E-state index in [2.05, 4.69) is 9.97 Å². The standard InChI is InChI=1S/C10H11N5/c11-9-7-14-5-3-10(9)15(12)8-2-1-4-13-6-8/h1-7H,11-12H2. The van der Waals surface area contributed by atoms with Crippen molar-refractivity contribution in [1.29, 1.82) is 0 Å². The van der Waals surface area contributed by atoms with Gasteiger partial charge in [0.1, 0.15) is 0 Å². The van der Waals surface area contributed by atoms with Crippen LogP contribution >= 0.6 is 0 Å². The Kier molecular flexibility index (Phi) is 2.47. The number of hydrogen-bond donors (Lipinski definition) is 2. The summed E-state index contributed by atoms with van der Waals surface area (Å²) in [6, 6.07) is 5.42. The molecule has 2 aromatic rings. The maximum Gasteiger partial charge on any atom is 0.0836 e. The van der Waals surface area contributed by atoms with Crippen LogP contribution < -0.4 is 16.6 Å². The quantitative estimate of drug-likeness (QED) is 0.561. The minimum absolute atomic E-state index is 0.531. The van der Waals surface area contributed by atoms with Gasteiger partial charge in [-0.05, 0) is 18.2 Å². The molecule has 76 valence electrons. The molecule has 0 aliphatic heterocycles. The fourth-order valence-electron chi connectivity index (χ4n) is 1.25. The van der Waals surface area contributed by atoms with E-state index in [1.807, 2.05) is 12.1 Å². The summed E-state index contributed by atoms with van der Waals surface area (Å²) in [5, 5.41) is 1.48. The fraction of sp³-hybridized carbons (Fsp3) is 0. The zero-order valence-electron chi connectivity index (χ0n) is 8.04. The van der Waals surface area contributed by atoms with Crippen LogP contribution in [0.3, 0.4) is 0 Å². The summed E-state index contributed by atoms with van der Waals surface area (Å²) in [5.41, 5.74) is 7.77. The van der Waals surface area contributed by atoms with Gasteiger partial charge in [0.05, 0.1) is 29.5 Å². The number of nitrogen functional groups attached to an aromatic ring is 1. The van der Waals surface area contributed by atoms with Gasteiger partial charge < -0.3 is 5.73 Å². The molecule has 4 N–H and O–H groups in total. The first-order valence-electron chi connectivity index (χ1n) is 4.43. The molecule has 0 aliphatic rings. The lowest BCUT2D eigenvalue weighted by molar-refractivity contribution is 1.07. The van der Waals surface area contributed by atoms with Gasteiger partial charge in [0.25, 0.3) is 0 Å². The number of nitrogens with two attached hydrogens (primary N) is 2. The molecule has 0 amide bonds. The maximum atomic E-state index is 5.90. The van der Waals surface area contributed by atoms with E-state index < -0.39 is 0 Å². The first-order valence-corrected chi connectivity index (χ1v) is 4.43. The topological polar surface area (TPSA) is 81.1 Å². The van der Waals surface area contributed by atoms with Crippen molar-refractivity contribution >= 4 is 17.1 Å². The third-order valence-electron chi connectivity index (χ3n) is 2.01. The maximum absolute atomic E-state index is 5.90. The summed E-state index contributed by atoms with van der Waals surface area (Å²) in [4.78, 5) is 7.88. The Hall–Kier alpha value is -2.14. The Morgan fingerprint density at radius 3 is 2.53 bits per heavy atom. The molecule has 2 aromatic heterocycles. The van der Waals surface area contributed by atoms with Crippen molar-refractivity contribution < 1.29 is 0 Å². The second kappa shape index (κ2) is 3.93. The molecule has 0 saturated carbocycles. The summed E-state index contributed by atoms with van der Waals surface area (Å²) < 4.78 is 0. The molecule has 2 rings (SSSR count). The number of anilines is 3. The average molecular weight is 201 g/mol. The Bertz CT molecular complexity index is 443. The Morgan fingerprint density at radius 1 is 1.07 bits per heavy atom. The van der Waals surface area contributed by atoms with Crippen molar-refractivity contribution in [2.75, 3.05) is 10.7 Å². The zero-order valence-corrected chi connectivity index (χ0v) is 8.04. The molecule has 0 radical (unpaired) electrons. The predicted molar refractivity (Wildman–Crippen MR) is 59.2 cm³/mol. The van der Waals surface area contributed by atoms with Crippen LogP contribution in [0.5, 0.6) is 0 Å². The van der Waals surface area contributed by atoms with Gasteiger partial charge in [-0.25, -0.2) is 5.84 Å². The summed E-state index contributed by atoms with van der Waals surface area (Å²) in [7, 11) is 0. The summed E-state index contributed by atoms with van der Waals surface area (Å²) in [6.45, 7) is 0. The normalized spacial score (nSPS) is 9.93. The van der Waals surface area contributed by atoms with Crippen LogP contribution in [0.4, 0.5) is 17.1 Å². The molecular weight excluding hydrogens is 190 g/mol. The number of hydrazine groups is 1. The summed E-state index contributed by atoms with van der Waals surface area (Å²) in [5.74, 6) is 5.90. The molecule has 0 aliphatic carbocycles. The minimum atomic E-state index is 0.531. The van der Waals surface area contributed by atoms with Crippen LogP contribution in [0.2, 0.25) is 0 Å². The van der Waals surface area contributed by atoms with Crippen LogP contribution in [0.15, 0.2) is 43.0 Å². The van der Waals surface area contributed by atoms with Crippen molar-refractivity contribution in [3.05, 3.63) is 43.0 Å². The van der Waals surface area contributed by atoms with Crippen LogP contribution in [-0.4, -0.2) is 9.97 Å². The molecule has 0 fully saturated rings. The van der Waals surface area contributed by atoms with Gasteiger partial charge in [-0.2, -0.15) is 0 Å². The predicted octanol–water partition coefficient (Wildman–Crippen LogP) is 1.07. The van der Waals surface area contributed by atoms with E-state index in [0.29, 0.717) is 11.4 Å². The van der Waals surface area contributed by atoms with Crippen LogP contribution in [0, 0.1) is 0 Å². The van der Waals surface area contributed by atoms with Crippen molar-refractivity contribution in [3.63, 3.8) is 0 Å². The molecule has 0 saturated heterocycles. The fourth-order valence-corrected chi connectivity index (χ4v) is 1.25. The van der Waals surface area contributed by atoms with Gasteiger partial charge in [0.15, 0.2) is 0 Å². The molecule has 15 heavy (non-hydrogen) atoms. The second-order valence-electron chi connectivity index (χ2n) is 3.02. The summed E-state index contributed by atoms with van der Waals surface area (Å²) >= 11 is 0. The Balaban J connectivity index is 2.37. The van der Waals surface area contributed by atoms with Crippen molar-refractivity contribution in [1.82, 2.24) is 9.97 Å². The average Bonchev–Trinajstić information content (AvgIpc) is 2.30. The molecule has 0 aromatic carbocycles. The van der Waals surface area contributed by atoms with E-state index in [9.17, 15) is 0 Å². The van der Waals surface area contributed by atoms with Crippen molar-refractivity contribution in [2.24, 2.45) is 5.84 Å². The monoisotopic (exact) mass is 201 g/mol. The van der Waals surface area contributed by atoms with Crippen LogP contribution in [0.1, 0.15) is 0 Å². The first kappa shape index (κ1) is 9.42. The second-order valence-corrected chi connectivity index (χ2v) is 3.02. The highest BCUT2D eigenvalue weighted by Gasteiger charge is 2.07. The van der Waals surface area contributed by atoms with Crippen LogP contribution in [0.25, 0.3) is 0 Å². The Labute approximate surface area is 87.3 Å². The highest BCUT2D eigenvalue weighted by atomic mass is 15.4. The lowest BCUT2D eigenvalue weighted by atomic mass is 10.3. The molecule has 2 heterocycles. The SMILES string of the molecule is Nc1cnccc1N(N)c1cccnc1. The third-order valence-corrected chi connectivity index (χ3v) is 2.01. The number of aromatic nitrogens is 2. The van der Waals surface area contributed by atoms with Crippen molar-refractivity contribution in [3.8, 4) is 0 Å². The molecule has 5 heteroatoms. The number of hydrogen-bond acceptors (Lipinski definition) is 5.